The highest BCUT2D eigenvalue weighted by Gasteiger charge is 2.05. The quantitative estimate of drug-likeness (QED) is 0.786. The monoisotopic (exact) mass is 202 g/mol. The molecule has 0 bridgehead atoms. The van der Waals surface area contributed by atoms with Crippen molar-refractivity contribution in [2.75, 3.05) is 7.05 Å². The predicted octanol–water partition coefficient (Wildman–Crippen LogP) is 0.891. The minimum atomic E-state index is -0.0550. The topological polar surface area (TPSA) is 46.9 Å². The summed E-state index contributed by atoms with van der Waals surface area (Å²) in [6.45, 7) is 2.23. The van der Waals surface area contributed by atoms with E-state index in [1.54, 1.807) is 17.9 Å². The molecule has 0 fully saturated rings. The lowest BCUT2D eigenvalue weighted by Gasteiger charge is -2.02. The highest BCUT2D eigenvalue weighted by atomic mass is 16.1. The Morgan fingerprint density at radius 1 is 1.67 bits per heavy atom. The number of hydrogen-bond donors (Lipinski definition) is 1. The summed E-state index contributed by atoms with van der Waals surface area (Å²) in [5.74, 6) is -0.0550. The number of aromatic nitrogens is 2. The smallest absolute Gasteiger partial charge is 0.241 e. The Morgan fingerprint density at radius 3 is 3.20 bits per heavy atom. The summed E-state index contributed by atoms with van der Waals surface area (Å²) in [7, 11) is 1.62. The minimum absolute atomic E-state index is 0.0550. The molecular formula is C11H12N3O. The van der Waals surface area contributed by atoms with Crippen LogP contribution in [0.1, 0.15) is 5.56 Å². The number of carbonyl (C=O) groups is 1. The van der Waals surface area contributed by atoms with Crippen LogP contribution in [0.5, 0.6) is 0 Å². The molecule has 0 aliphatic heterocycles. The van der Waals surface area contributed by atoms with E-state index >= 15 is 0 Å². The molecule has 0 saturated heterocycles. The Morgan fingerprint density at radius 2 is 2.47 bits per heavy atom. The van der Waals surface area contributed by atoms with Gasteiger partial charge >= 0.3 is 0 Å². The number of likely N-dealkylation sites (N-methyl/N-ethyl adjacent to an activating group) is 1. The first-order valence-corrected chi connectivity index (χ1v) is 4.75. The van der Waals surface area contributed by atoms with Crippen molar-refractivity contribution in [3.63, 3.8) is 0 Å². The molecule has 0 aliphatic carbocycles. The summed E-state index contributed by atoms with van der Waals surface area (Å²) in [5, 5.41) is 7.77. The average molecular weight is 202 g/mol. The molecule has 0 aliphatic rings. The summed E-state index contributed by atoms with van der Waals surface area (Å²) in [4.78, 5) is 11.2. The van der Waals surface area contributed by atoms with Gasteiger partial charge in [0.1, 0.15) is 6.54 Å². The first-order chi connectivity index (χ1) is 7.20. The van der Waals surface area contributed by atoms with Crippen LogP contribution in [-0.4, -0.2) is 22.7 Å². The molecule has 1 radical (unpaired) electrons. The summed E-state index contributed by atoms with van der Waals surface area (Å²) >= 11 is 0. The van der Waals surface area contributed by atoms with E-state index in [1.807, 2.05) is 19.1 Å². The number of hydrogen-bond acceptors (Lipinski definition) is 2. The van der Waals surface area contributed by atoms with Crippen LogP contribution in [0.15, 0.2) is 18.3 Å². The van der Waals surface area contributed by atoms with E-state index in [0.29, 0.717) is 0 Å². The van der Waals surface area contributed by atoms with Gasteiger partial charge in [-0.15, -0.1) is 0 Å². The Bertz CT molecular complexity index is 502. The molecule has 15 heavy (non-hydrogen) atoms. The zero-order chi connectivity index (χ0) is 10.8. The van der Waals surface area contributed by atoms with Gasteiger partial charge in [0.2, 0.25) is 5.91 Å². The normalized spacial score (nSPS) is 10.5. The van der Waals surface area contributed by atoms with Gasteiger partial charge in [-0.05, 0) is 30.7 Å². The molecule has 1 amide bonds. The second-order valence-electron chi connectivity index (χ2n) is 3.43. The molecule has 4 nitrogen and oxygen atoms in total. The van der Waals surface area contributed by atoms with Gasteiger partial charge in [0.15, 0.2) is 0 Å². The number of nitrogens with zero attached hydrogens (tertiary/aromatic N) is 2. The van der Waals surface area contributed by atoms with Gasteiger partial charge in [-0.25, -0.2) is 0 Å². The number of aryl methyl sites for hydroxylation is 1. The molecule has 2 aromatic rings. The Balaban J connectivity index is 2.41. The van der Waals surface area contributed by atoms with Crippen molar-refractivity contribution in [3.8, 4) is 0 Å². The van der Waals surface area contributed by atoms with E-state index < -0.39 is 0 Å². The van der Waals surface area contributed by atoms with Crippen LogP contribution in [0.25, 0.3) is 10.9 Å². The lowest BCUT2D eigenvalue weighted by Crippen LogP contribution is -2.23. The first kappa shape index (κ1) is 9.71. The Hall–Kier alpha value is -1.84. The van der Waals surface area contributed by atoms with Crippen LogP contribution < -0.4 is 5.32 Å². The van der Waals surface area contributed by atoms with Crippen LogP contribution in [-0.2, 0) is 11.3 Å². The summed E-state index contributed by atoms with van der Waals surface area (Å²) in [6.07, 6.45) is 1.76. The summed E-state index contributed by atoms with van der Waals surface area (Å²) < 4.78 is 1.67. The highest BCUT2D eigenvalue weighted by Crippen LogP contribution is 2.14. The summed E-state index contributed by atoms with van der Waals surface area (Å²) in [6, 6.07) is 6.96. The lowest BCUT2D eigenvalue weighted by molar-refractivity contribution is -0.121. The average Bonchev–Trinajstić information content (AvgIpc) is 2.60. The maximum Gasteiger partial charge on any atom is 0.241 e. The van der Waals surface area contributed by atoms with Crippen molar-refractivity contribution in [1.82, 2.24) is 15.1 Å². The number of benzene rings is 1. The second kappa shape index (κ2) is 3.73. The van der Waals surface area contributed by atoms with E-state index in [2.05, 4.69) is 16.5 Å². The molecule has 1 heterocycles. The SMILES string of the molecule is CNC(=O)Cn1ncc2cc(C)[c]cc21. The number of carbonyl (C=O) groups excluding carboxylic acids is 1. The van der Waals surface area contributed by atoms with Crippen molar-refractivity contribution in [1.29, 1.82) is 0 Å². The fourth-order valence-corrected chi connectivity index (χ4v) is 1.48. The van der Waals surface area contributed by atoms with Crippen LogP contribution in [0.4, 0.5) is 0 Å². The maximum absolute atomic E-state index is 11.2. The first-order valence-electron chi connectivity index (χ1n) is 4.75. The Kier molecular flexibility index (Phi) is 2.41. The molecule has 0 unspecified atom stereocenters. The predicted molar refractivity (Wildman–Crippen MR) is 57.4 cm³/mol. The lowest BCUT2D eigenvalue weighted by atomic mass is 10.2. The van der Waals surface area contributed by atoms with Gasteiger partial charge in [0.25, 0.3) is 0 Å². The molecule has 0 saturated carbocycles. The van der Waals surface area contributed by atoms with Crippen LogP contribution in [0, 0.1) is 13.0 Å². The third kappa shape index (κ3) is 1.83. The van der Waals surface area contributed by atoms with Gasteiger partial charge in [0, 0.05) is 12.4 Å². The van der Waals surface area contributed by atoms with Crippen molar-refractivity contribution < 1.29 is 4.79 Å². The zero-order valence-electron chi connectivity index (χ0n) is 8.74. The molecule has 2 rings (SSSR count). The minimum Gasteiger partial charge on any atom is -0.358 e. The van der Waals surface area contributed by atoms with Gasteiger partial charge < -0.3 is 5.32 Å². The molecule has 1 N–H and O–H groups in total. The number of nitrogens with one attached hydrogen (secondary N) is 1. The van der Waals surface area contributed by atoms with Crippen molar-refractivity contribution >= 4 is 16.8 Å². The van der Waals surface area contributed by atoms with Crippen molar-refractivity contribution in [2.45, 2.75) is 13.5 Å². The standard InChI is InChI=1S/C11H12N3O/c1-8-3-4-10-9(5-8)6-13-14(10)7-11(15)12-2/h4-6H,7H2,1-2H3,(H,12,15). The van der Waals surface area contributed by atoms with Gasteiger partial charge in [-0.3, -0.25) is 9.48 Å². The van der Waals surface area contributed by atoms with Crippen LogP contribution in [0.2, 0.25) is 0 Å². The Labute approximate surface area is 87.9 Å². The van der Waals surface area contributed by atoms with Gasteiger partial charge in [-0.2, -0.15) is 5.10 Å². The zero-order valence-corrected chi connectivity index (χ0v) is 8.74. The fourth-order valence-electron chi connectivity index (χ4n) is 1.48. The molecule has 4 heteroatoms. The second-order valence-corrected chi connectivity index (χ2v) is 3.43. The van der Waals surface area contributed by atoms with E-state index in [4.69, 9.17) is 0 Å². The highest BCUT2D eigenvalue weighted by molar-refractivity contribution is 5.82. The largest absolute Gasteiger partial charge is 0.358 e. The summed E-state index contributed by atoms with van der Waals surface area (Å²) in [5.41, 5.74) is 2.01. The van der Waals surface area contributed by atoms with Crippen LogP contribution >= 0.6 is 0 Å². The van der Waals surface area contributed by atoms with Crippen molar-refractivity contribution in [3.05, 3.63) is 30.0 Å². The van der Waals surface area contributed by atoms with E-state index in [0.717, 1.165) is 16.5 Å². The third-order valence-electron chi connectivity index (χ3n) is 2.29. The molecule has 77 valence electrons. The van der Waals surface area contributed by atoms with E-state index in [-0.39, 0.29) is 12.5 Å². The molecule has 0 spiro atoms. The number of amides is 1. The molecule has 0 atom stereocenters. The fraction of sp³-hybridized carbons (Fsp3) is 0.273. The van der Waals surface area contributed by atoms with Gasteiger partial charge in [-0.1, -0.05) is 0 Å². The van der Waals surface area contributed by atoms with Crippen molar-refractivity contribution in [2.24, 2.45) is 0 Å². The van der Waals surface area contributed by atoms with Gasteiger partial charge in [0.05, 0.1) is 11.7 Å². The molecule has 1 aromatic heterocycles. The van der Waals surface area contributed by atoms with E-state index in [9.17, 15) is 4.79 Å². The number of rotatable bonds is 2. The number of fused-ring (bicyclic) bond motifs is 1. The molecule has 1 aromatic carbocycles. The molecular weight excluding hydrogens is 190 g/mol. The maximum atomic E-state index is 11.2. The van der Waals surface area contributed by atoms with E-state index in [1.165, 1.54) is 0 Å². The third-order valence-corrected chi connectivity index (χ3v) is 2.29. The van der Waals surface area contributed by atoms with Crippen LogP contribution in [0.3, 0.4) is 0 Å².